The van der Waals surface area contributed by atoms with Crippen LogP contribution in [0.25, 0.3) is 0 Å². The molecule has 2 nitrogen and oxygen atoms in total. The van der Waals surface area contributed by atoms with E-state index < -0.39 is 0 Å². The maximum absolute atomic E-state index is 5.95. The van der Waals surface area contributed by atoms with Crippen molar-refractivity contribution in [2.75, 3.05) is 0 Å². The molecule has 0 aromatic carbocycles. The summed E-state index contributed by atoms with van der Waals surface area (Å²) in [5, 5.41) is 1.12. The van der Waals surface area contributed by atoms with Crippen LogP contribution < -0.4 is 5.73 Å². The molecule has 4 bridgehead atoms. The van der Waals surface area contributed by atoms with E-state index in [0.717, 1.165) is 34.6 Å². The molecule has 3 heteroatoms. The number of aromatic nitrogens is 1. The van der Waals surface area contributed by atoms with Gasteiger partial charge in [0.2, 0.25) is 0 Å². The zero-order valence-corrected chi connectivity index (χ0v) is 11.8. The molecule has 4 saturated carbocycles. The van der Waals surface area contributed by atoms with Crippen LogP contribution in [0, 0.1) is 23.7 Å². The molecule has 0 radical (unpaired) electrons. The Morgan fingerprint density at radius 3 is 2.28 bits per heavy atom. The number of nitrogens with two attached hydrogens (primary N) is 1. The van der Waals surface area contributed by atoms with Gasteiger partial charge in [-0.25, -0.2) is 4.98 Å². The first-order chi connectivity index (χ1) is 8.70. The molecule has 0 aliphatic heterocycles. The van der Waals surface area contributed by atoms with Gasteiger partial charge in [-0.2, -0.15) is 0 Å². The average molecular weight is 262 g/mol. The maximum atomic E-state index is 5.95. The number of thiazole rings is 1. The lowest BCUT2D eigenvalue weighted by Gasteiger charge is -2.54. The lowest BCUT2D eigenvalue weighted by Crippen LogP contribution is -2.43. The molecule has 1 aromatic heterocycles. The van der Waals surface area contributed by atoms with Crippen molar-refractivity contribution in [1.29, 1.82) is 0 Å². The van der Waals surface area contributed by atoms with E-state index in [4.69, 9.17) is 5.73 Å². The molecule has 1 atom stereocenters. The summed E-state index contributed by atoms with van der Waals surface area (Å²) >= 11 is 1.88. The summed E-state index contributed by atoms with van der Waals surface area (Å²) in [5.41, 5.74) is 5.95. The minimum Gasteiger partial charge on any atom is -0.322 e. The van der Waals surface area contributed by atoms with Gasteiger partial charge in [0, 0.05) is 17.0 Å². The second kappa shape index (κ2) is 4.04. The van der Waals surface area contributed by atoms with Gasteiger partial charge < -0.3 is 5.73 Å². The van der Waals surface area contributed by atoms with Crippen LogP contribution in [0.1, 0.15) is 60.9 Å². The molecule has 4 fully saturated rings. The minimum absolute atomic E-state index is 0.0978. The zero-order chi connectivity index (χ0) is 12.3. The molecule has 18 heavy (non-hydrogen) atoms. The largest absolute Gasteiger partial charge is 0.322 e. The molecule has 1 heterocycles. The third-order valence-corrected chi connectivity index (χ3v) is 6.79. The van der Waals surface area contributed by atoms with Crippen LogP contribution in [0.5, 0.6) is 0 Å². The van der Waals surface area contributed by atoms with Gasteiger partial charge in [0.15, 0.2) is 0 Å². The molecule has 1 unspecified atom stereocenters. The lowest BCUT2D eigenvalue weighted by atomic mass is 9.52. The molecule has 0 amide bonds. The standard InChI is InChI=1S/C15H22N2S/c1-8(16)15-17-7-13(18-15)14-11-3-9-2-10(5-11)6-12(14)4-9/h7-12,14H,2-6,16H2,1H3. The quantitative estimate of drug-likeness (QED) is 0.882. The summed E-state index contributed by atoms with van der Waals surface area (Å²) in [6, 6.07) is 0.0978. The van der Waals surface area contributed by atoms with E-state index >= 15 is 0 Å². The van der Waals surface area contributed by atoms with Crippen molar-refractivity contribution in [3.05, 3.63) is 16.1 Å². The second-order valence-corrected chi connectivity index (χ2v) is 7.94. The highest BCUT2D eigenvalue weighted by Gasteiger charge is 2.49. The van der Waals surface area contributed by atoms with Gasteiger partial charge in [-0.3, -0.25) is 0 Å². The van der Waals surface area contributed by atoms with Crippen LogP contribution in [0.2, 0.25) is 0 Å². The summed E-state index contributed by atoms with van der Waals surface area (Å²) < 4.78 is 0. The third kappa shape index (κ3) is 1.67. The Hall–Kier alpha value is -0.410. The highest BCUT2D eigenvalue weighted by atomic mass is 32.1. The van der Waals surface area contributed by atoms with Crippen LogP contribution in [0.4, 0.5) is 0 Å². The zero-order valence-electron chi connectivity index (χ0n) is 11.0. The molecular weight excluding hydrogens is 240 g/mol. The Labute approximate surface area is 113 Å². The topological polar surface area (TPSA) is 38.9 Å². The van der Waals surface area contributed by atoms with Crippen LogP contribution >= 0.6 is 11.3 Å². The predicted octanol–water partition coefficient (Wildman–Crippen LogP) is 3.70. The number of rotatable bonds is 2. The van der Waals surface area contributed by atoms with Gasteiger partial charge in [0.25, 0.3) is 0 Å². The Balaban J connectivity index is 1.64. The summed E-state index contributed by atoms with van der Waals surface area (Å²) in [6.45, 7) is 2.04. The van der Waals surface area contributed by atoms with Gasteiger partial charge in [0.1, 0.15) is 5.01 Å². The molecule has 4 aliphatic rings. The van der Waals surface area contributed by atoms with Crippen LogP contribution in [-0.4, -0.2) is 4.98 Å². The lowest BCUT2D eigenvalue weighted by molar-refractivity contribution is -0.00167. The van der Waals surface area contributed by atoms with E-state index in [1.54, 1.807) is 0 Å². The first-order valence-corrected chi connectivity index (χ1v) is 8.23. The van der Waals surface area contributed by atoms with Gasteiger partial charge >= 0.3 is 0 Å². The highest BCUT2D eigenvalue weighted by Crippen LogP contribution is 2.60. The number of nitrogens with zero attached hydrogens (tertiary/aromatic N) is 1. The molecule has 0 spiro atoms. The van der Waals surface area contributed by atoms with E-state index in [0.29, 0.717) is 0 Å². The van der Waals surface area contributed by atoms with E-state index in [-0.39, 0.29) is 6.04 Å². The molecule has 4 aliphatic carbocycles. The maximum Gasteiger partial charge on any atom is 0.109 e. The molecule has 98 valence electrons. The Bertz CT molecular complexity index is 423. The van der Waals surface area contributed by atoms with E-state index in [9.17, 15) is 0 Å². The van der Waals surface area contributed by atoms with Crippen molar-refractivity contribution in [2.24, 2.45) is 29.4 Å². The summed E-state index contributed by atoms with van der Waals surface area (Å²) in [6.07, 6.45) is 9.63. The Morgan fingerprint density at radius 1 is 1.17 bits per heavy atom. The van der Waals surface area contributed by atoms with Crippen molar-refractivity contribution in [3.63, 3.8) is 0 Å². The summed E-state index contributed by atoms with van der Waals surface area (Å²) in [7, 11) is 0. The van der Waals surface area contributed by atoms with Crippen molar-refractivity contribution < 1.29 is 0 Å². The van der Waals surface area contributed by atoms with Crippen LogP contribution in [0.15, 0.2) is 6.20 Å². The van der Waals surface area contributed by atoms with Crippen LogP contribution in [-0.2, 0) is 0 Å². The third-order valence-electron chi connectivity index (χ3n) is 5.49. The van der Waals surface area contributed by atoms with E-state index in [1.807, 2.05) is 18.3 Å². The van der Waals surface area contributed by atoms with Crippen molar-refractivity contribution in [3.8, 4) is 0 Å². The van der Waals surface area contributed by atoms with Gasteiger partial charge in [-0.05, 0) is 62.7 Å². The number of hydrogen-bond acceptors (Lipinski definition) is 3. The number of hydrogen-bond donors (Lipinski definition) is 1. The fourth-order valence-electron chi connectivity index (χ4n) is 5.06. The minimum atomic E-state index is 0.0978. The first kappa shape index (κ1) is 11.4. The highest BCUT2D eigenvalue weighted by molar-refractivity contribution is 7.11. The van der Waals surface area contributed by atoms with Gasteiger partial charge in [-0.1, -0.05) is 0 Å². The van der Waals surface area contributed by atoms with E-state index in [1.165, 1.54) is 37.0 Å². The molecule has 2 N–H and O–H groups in total. The normalized spacial score (nSPS) is 43.3. The van der Waals surface area contributed by atoms with Gasteiger partial charge in [-0.15, -0.1) is 11.3 Å². The fourth-order valence-corrected chi connectivity index (χ4v) is 6.21. The first-order valence-electron chi connectivity index (χ1n) is 7.42. The predicted molar refractivity (Wildman–Crippen MR) is 74.5 cm³/mol. The molecule has 0 saturated heterocycles. The Morgan fingerprint density at radius 2 is 1.78 bits per heavy atom. The van der Waals surface area contributed by atoms with Crippen LogP contribution in [0.3, 0.4) is 0 Å². The Kier molecular flexibility index (Phi) is 2.56. The van der Waals surface area contributed by atoms with Crippen molar-refractivity contribution in [2.45, 2.75) is 51.0 Å². The van der Waals surface area contributed by atoms with Gasteiger partial charge in [0.05, 0.1) is 6.04 Å². The van der Waals surface area contributed by atoms with Crippen molar-refractivity contribution in [1.82, 2.24) is 4.98 Å². The summed E-state index contributed by atoms with van der Waals surface area (Å²) in [4.78, 5) is 6.08. The SMILES string of the molecule is CC(N)c1ncc(C2C3CC4CC(C3)CC2C4)s1. The summed E-state index contributed by atoms with van der Waals surface area (Å²) in [5.74, 6) is 4.86. The smallest absolute Gasteiger partial charge is 0.109 e. The van der Waals surface area contributed by atoms with E-state index in [2.05, 4.69) is 11.2 Å². The molecule has 1 aromatic rings. The molecular formula is C15H22N2S. The average Bonchev–Trinajstić information content (AvgIpc) is 2.77. The second-order valence-electron chi connectivity index (χ2n) is 6.85. The monoisotopic (exact) mass is 262 g/mol. The van der Waals surface area contributed by atoms with Crippen molar-refractivity contribution >= 4 is 11.3 Å². The molecule has 5 rings (SSSR count). The fraction of sp³-hybridized carbons (Fsp3) is 0.800.